The van der Waals surface area contributed by atoms with Crippen LogP contribution in [0.1, 0.15) is 27.2 Å². The molecule has 2 aliphatic carbocycles. The highest BCUT2D eigenvalue weighted by atomic mass is 16.6. The molecule has 11 heavy (non-hydrogen) atoms. The van der Waals surface area contributed by atoms with Crippen LogP contribution in [0.25, 0.3) is 0 Å². The Kier molecular flexibility index (Phi) is 0.742. The van der Waals surface area contributed by atoms with E-state index in [1.54, 1.807) is 0 Å². The molecule has 3 rings (SSSR count). The molecule has 1 nitrogen and oxygen atoms in total. The molecular formula is C10H14O. The zero-order valence-corrected chi connectivity index (χ0v) is 7.35. The number of epoxide rings is 1. The first-order valence-corrected chi connectivity index (χ1v) is 4.45. The van der Waals surface area contributed by atoms with E-state index >= 15 is 0 Å². The van der Waals surface area contributed by atoms with E-state index in [0.717, 1.165) is 5.92 Å². The molecule has 0 N–H and O–H groups in total. The SMILES string of the molecule is CC1=CC[C@@H]2C(C)(C)[C@]23O[C@H]13. The van der Waals surface area contributed by atoms with Gasteiger partial charge in [0.2, 0.25) is 0 Å². The van der Waals surface area contributed by atoms with Gasteiger partial charge in [0.1, 0.15) is 11.7 Å². The van der Waals surface area contributed by atoms with Crippen molar-refractivity contribution in [3.05, 3.63) is 11.6 Å². The van der Waals surface area contributed by atoms with Gasteiger partial charge in [-0.3, -0.25) is 0 Å². The molecule has 0 unspecified atom stereocenters. The summed E-state index contributed by atoms with van der Waals surface area (Å²) in [6, 6.07) is 0. The van der Waals surface area contributed by atoms with Gasteiger partial charge in [-0.25, -0.2) is 0 Å². The van der Waals surface area contributed by atoms with Crippen molar-refractivity contribution in [2.24, 2.45) is 11.3 Å². The smallest absolute Gasteiger partial charge is 0.109 e. The molecule has 0 aromatic rings. The maximum Gasteiger partial charge on any atom is 0.109 e. The standard InChI is InChI=1S/C10H14O/c1-6-4-5-7-9(2,3)10(7)8(6)11-10/h4,7-8H,5H2,1-3H3/t7-,8-,10+/m1/s1. The first-order valence-electron chi connectivity index (χ1n) is 4.45. The van der Waals surface area contributed by atoms with E-state index in [4.69, 9.17) is 4.74 Å². The van der Waals surface area contributed by atoms with Gasteiger partial charge in [0.15, 0.2) is 0 Å². The lowest BCUT2D eigenvalue weighted by Crippen LogP contribution is -2.05. The summed E-state index contributed by atoms with van der Waals surface area (Å²) in [6.45, 7) is 6.87. The Bertz CT molecular complexity index is 264. The molecule has 1 heterocycles. The first kappa shape index (κ1) is 6.24. The monoisotopic (exact) mass is 150 g/mol. The van der Waals surface area contributed by atoms with Gasteiger partial charge in [-0.1, -0.05) is 19.9 Å². The first-order chi connectivity index (χ1) is 5.11. The number of rotatable bonds is 0. The van der Waals surface area contributed by atoms with E-state index in [9.17, 15) is 0 Å². The molecule has 1 heteroatoms. The minimum Gasteiger partial charge on any atom is -0.360 e. The van der Waals surface area contributed by atoms with Gasteiger partial charge < -0.3 is 4.74 Å². The van der Waals surface area contributed by atoms with Gasteiger partial charge in [0, 0.05) is 11.3 Å². The predicted octanol–water partition coefficient (Wildman–Crippen LogP) is 2.13. The molecule has 60 valence electrons. The topological polar surface area (TPSA) is 12.5 Å². The van der Waals surface area contributed by atoms with Crippen LogP contribution in [0.5, 0.6) is 0 Å². The summed E-state index contributed by atoms with van der Waals surface area (Å²) in [5, 5.41) is 0. The summed E-state index contributed by atoms with van der Waals surface area (Å²) in [4.78, 5) is 0. The van der Waals surface area contributed by atoms with Crippen LogP contribution in [0, 0.1) is 11.3 Å². The van der Waals surface area contributed by atoms with Crippen LogP contribution >= 0.6 is 0 Å². The fourth-order valence-corrected chi connectivity index (χ4v) is 3.09. The van der Waals surface area contributed by atoms with E-state index < -0.39 is 0 Å². The number of hydrogen-bond donors (Lipinski definition) is 0. The van der Waals surface area contributed by atoms with Crippen molar-refractivity contribution < 1.29 is 4.74 Å². The summed E-state index contributed by atoms with van der Waals surface area (Å²) in [6.07, 6.45) is 4.10. The zero-order chi connectivity index (χ0) is 7.85. The highest BCUT2D eigenvalue weighted by Gasteiger charge is 2.86. The number of allylic oxidation sites excluding steroid dienone is 1. The summed E-state index contributed by atoms with van der Waals surface area (Å²) >= 11 is 0. The Labute approximate surface area is 67.4 Å². The molecular weight excluding hydrogens is 136 g/mol. The van der Waals surface area contributed by atoms with Crippen LogP contribution < -0.4 is 0 Å². The molecule has 1 aliphatic heterocycles. The lowest BCUT2D eigenvalue weighted by atomic mass is 10.0. The van der Waals surface area contributed by atoms with Crippen molar-refractivity contribution in [2.45, 2.75) is 38.9 Å². The average molecular weight is 150 g/mol. The van der Waals surface area contributed by atoms with Crippen LogP contribution in [0.2, 0.25) is 0 Å². The third-order valence-corrected chi connectivity index (χ3v) is 4.05. The lowest BCUT2D eigenvalue weighted by Gasteiger charge is -1.99. The lowest BCUT2D eigenvalue weighted by molar-refractivity contribution is 0.339. The molecule has 3 aliphatic rings. The van der Waals surface area contributed by atoms with Gasteiger partial charge >= 0.3 is 0 Å². The normalized spacial score (nSPS) is 55.7. The van der Waals surface area contributed by atoms with Crippen LogP contribution in [-0.2, 0) is 4.74 Å². The van der Waals surface area contributed by atoms with Crippen LogP contribution in [0.3, 0.4) is 0 Å². The van der Waals surface area contributed by atoms with Crippen molar-refractivity contribution >= 4 is 0 Å². The van der Waals surface area contributed by atoms with E-state index in [0.29, 0.717) is 17.1 Å². The molecule has 3 atom stereocenters. The summed E-state index contributed by atoms with van der Waals surface area (Å²) in [5.74, 6) is 0.823. The van der Waals surface area contributed by atoms with Crippen molar-refractivity contribution in [1.29, 1.82) is 0 Å². The molecule has 1 saturated carbocycles. The highest BCUT2D eigenvalue weighted by molar-refractivity contribution is 5.43. The summed E-state index contributed by atoms with van der Waals surface area (Å²) in [5.41, 5.74) is 2.24. The summed E-state index contributed by atoms with van der Waals surface area (Å²) in [7, 11) is 0. The second-order valence-corrected chi connectivity index (χ2v) is 4.75. The van der Waals surface area contributed by atoms with E-state index in [1.807, 2.05) is 0 Å². The van der Waals surface area contributed by atoms with E-state index in [-0.39, 0.29) is 0 Å². The highest BCUT2D eigenvalue weighted by Crippen LogP contribution is 2.78. The minimum absolute atomic E-state index is 0.311. The van der Waals surface area contributed by atoms with Gasteiger partial charge in [-0.2, -0.15) is 0 Å². The van der Waals surface area contributed by atoms with Gasteiger partial charge in [-0.05, 0) is 18.9 Å². The Balaban J connectivity index is 2.03. The zero-order valence-electron chi connectivity index (χ0n) is 7.35. The van der Waals surface area contributed by atoms with Crippen LogP contribution in [0.4, 0.5) is 0 Å². The Morgan fingerprint density at radius 3 is 2.91 bits per heavy atom. The fraction of sp³-hybridized carbons (Fsp3) is 0.800. The second kappa shape index (κ2) is 1.31. The number of hydrogen-bond acceptors (Lipinski definition) is 1. The molecule has 0 radical (unpaired) electrons. The number of ether oxygens (including phenoxy) is 1. The van der Waals surface area contributed by atoms with Crippen LogP contribution in [0.15, 0.2) is 11.6 Å². The molecule has 1 spiro atoms. The third-order valence-electron chi connectivity index (χ3n) is 4.05. The van der Waals surface area contributed by atoms with E-state index in [1.165, 1.54) is 12.0 Å². The average Bonchev–Trinajstić information content (AvgIpc) is 2.72. The molecule has 0 bridgehead atoms. The molecule has 0 amide bonds. The molecule has 1 saturated heterocycles. The predicted molar refractivity (Wildman–Crippen MR) is 43.2 cm³/mol. The molecule has 0 aromatic carbocycles. The molecule has 0 aromatic heterocycles. The van der Waals surface area contributed by atoms with Crippen molar-refractivity contribution in [3.8, 4) is 0 Å². The van der Waals surface area contributed by atoms with Crippen molar-refractivity contribution in [3.63, 3.8) is 0 Å². The van der Waals surface area contributed by atoms with Crippen molar-refractivity contribution in [2.75, 3.05) is 0 Å². The van der Waals surface area contributed by atoms with Crippen molar-refractivity contribution in [1.82, 2.24) is 0 Å². The largest absolute Gasteiger partial charge is 0.360 e. The fourth-order valence-electron chi connectivity index (χ4n) is 3.09. The minimum atomic E-state index is 0.311. The summed E-state index contributed by atoms with van der Waals surface area (Å²) < 4.78 is 5.80. The third kappa shape index (κ3) is 0.427. The Hall–Kier alpha value is -0.300. The second-order valence-electron chi connectivity index (χ2n) is 4.75. The van der Waals surface area contributed by atoms with Gasteiger partial charge in [0.05, 0.1) is 0 Å². The van der Waals surface area contributed by atoms with Crippen LogP contribution in [-0.4, -0.2) is 11.7 Å². The van der Waals surface area contributed by atoms with Gasteiger partial charge in [0.25, 0.3) is 0 Å². The van der Waals surface area contributed by atoms with E-state index in [2.05, 4.69) is 26.8 Å². The Morgan fingerprint density at radius 1 is 1.55 bits per heavy atom. The molecule has 2 fully saturated rings. The Morgan fingerprint density at radius 2 is 2.27 bits per heavy atom. The quantitative estimate of drug-likeness (QED) is 0.380. The maximum atomic E-state index is 5.80. The maximum absolute atomic E-state index is 5.80. The van der Waals surface area contributed by atoms with Gasteiger partial charge in [-0.15, -0.1) is 0 Å².